The van der Waals surface area contributed by atoms with Crippen molar-refractivity contribution in [3.05, 3.63) is 65.2 Å². The van der Waals surface area contributed by atoms with Crippen LogP contribution in [0.4, 0.5) is 0 Å². The lowest BCUT2D eigenvalue weighted by Crippen LogP contribution is -2.34. The zero-order valence-corrected chi connectivity index (χ0v) is 14.2. The summed E-state index contributed by atoms with van der Waals surface area (Å²) in [5, 5.41) is 2.85. The van der Waals surface area contributed by atoms with Gasteiger partial charge in [-0.1, -0.05) is 30.3 Å². The van der Waals surface area contributed by atoms with Crippen molar-refractivity contribution in [3.8, 4) is 5.75 Å². The Kier molecular flexibility index (Phi) is 4.57. The quantitative estimate of drug-likeness (QED) is 0.899. The van der Waals surface area contributed by atoms with Crippen LogP contribution in [0.3, 0.4) is 0 Å². The standard InChI is InChI=1S/C18H19NO4S/c1-24(21,22)12-13-5-4-7-15(9-13)18(20)19-11-16-10-14-6-2-3-8-17(14)23-16/h2-9,16H,10-12H2,1H3,(H,19,20)/t16-/m0/s1. The highest BCUT2D eigenvalue weighted by molar-refractivity contribution is 7.89. The molecule has 1 aliphatic heterocycles. The first-order chi connectivity index (χ1) is 11.4. The lowest BCUT2D eigenvalue weighted by Gasteiger charge is -2.12. The molecule has 126 valence electrons. The Balaban J connectivity index is 1.59. The molecular formula is C18H19NO4S. The highest BCUT2D eigenvalue weighted by Crippen LogP contribution is 2.27. The average molecular weight is 345 g/mol. The number of fused-ring (bicyclic) bond motifs is 1. The van der Waals surface area contributed by atoms with Gasteiger partial charge in [-0.2, -0.15) is 0 Å². The van der Waals surface area contributed by atoms with Gasteiger partial charge in [-0.3, -0.25) is 4.79 Å². The molecule has 0 saturated heterocycles. The fourth-order valence-corrected chi connectivity index (χ4v) is 3.57. The largest absolute Gasteiger partial charge is 0.488 e. The zero-order chi connectivity index (χ0) is 17.2. The van der Waals surface area contributed by atoms with Crippen LogP contribution < -0.4 is 10.1 Å². The second-order valence-corrected chi connectivity index (χ2v) is 8.17. The Hall–Kier alpha value is -2.34. The molecule has 0 unspecified atom stereocenters. The van der Waals surface area contributed by atoms with E-state index in [0.717, 1.165) is 17.7 Å². The van der Waals surface area contributed by atoms with Gasteiger partial charge in [-0.25, -0.2) is 8.42 Å². The Morgan fingerprint density at radius 1 is 1.21 bits per heavy atom. The smallest absolute Gasteiger partial charge is 0.251 e. The molecular weight excluding hydrogens is 326 g/mol. The first-order valence-electron chi connectivity index (χ1n) is 7.70. The average Bonchev–Trinajstić information content (AvgIpc) is 2.94. The molecule has 6 heteroatoms. The van der Waals surface area contributed by atoms with E-state index in [-0.39, 0.29) is 17.8 Å². The molecule has 5 nitrogen and oxygen atoms in total. The van der Waals surface area contributed by atoms with Crippen molar-refractivity contribution < 1.29 is 17.9 Å². The van der Waals surface area contributed by atoms with Gasteiger partial charge in [0.2, 0.25) is 0 Å². The SMILES string of the molecule is CS(=O)(=O)Cc1cccc(C(=O)NC[C@@H]2Cc3ccccc3O2)c1. The van der Waals surface area contributed by atoms with Gasteiger partial charge in [0.25, 0.3) is 5.91 Å². The summed E-state index contributed by atoms with van der Waals surface area (Å²) in [6, 6.07) is 14.5. The van der Waals surface area contributed by atoms with E-state index in [2.05, 4.69) is 5.32 Å². The summed E-state index contributed by atoms with van der Waals surface area (Å²) in [7, 11) is -3.13. The Bertz CT molecular complexity index is 836. The van der Waals surface area contributed by atoms with E-state index in [0.29, 0.717) is 17.7 Å². The molecule has 2 aromatic rings. The highest BCUT2D eigenvalue weighted by Gasteiger charge is 2.22. The topological polar surface area (TPSA) is 72.5 Å². The van der Waals surface area contributed by atoms with Crippen molar-refractivity contribution in [2.45, 2.75) is 18.3 Å². The van der Waals surface area contributed by atoms with E-state index >= 15 is 0 Å². The number of ether oxygens (including phenoxy) is 1. The van der Waals surface area contributed by atoms with Gasteiger partial charge in [0.15, 0.2) is 9.84 Å². The minimum absolute atomic E-state index is 0.0742. The molecule has 0 bridgehead atoms. The zero-order valence-electron chi connectivity index (χ0n) is 13.4. The molecule has 1 atom stereocenters. The number of hydrogen-bond acceptors (Lipinski definition) is 4. The molecule has 3 rings (SSSR count). The van der Waals surface area contributed by atoms with Crippen LogP contribution in [0.2, 0.25) is 0 Å². The molecule has 1 heterocycles. The molecule has 0 aliphatic carbocycles. The molecule has 0 aromatic heterocycles. The molecule has 0 radical (unpaired) electrons. The van der Waals surface area contributed by atoms with Crippen LogP contribution in [0.5, 0.6) is 5.75 Å². The summed E-state index contributed by atoms with van der Waals surface area (Å²) in [4.78, 5) is 12.3. The Morgan fingerprint density at radius 2 is 2.00 bits per heavy atom. The summed E-state index contributed by atoms with van der Waals surface area (Å²) in [6.07, 6.45) is 1.87. The number of carbonyl (C=O) groups is 1. The summed E-state index contributed by atoms with van der Waals surface area (Å²) in [6.45, 7) is 0.407. The minimum Gasteiger partial charge on any atom is -0.488 e. The molecule has 0 fully saturated rings. The van der Waals surface area contributed by atoms with E-state index in [1.165, 1.54) is 6.26 Å². The summed E-state index contributed by atoms with van der Waals surface area (Å²) in [5.74, 6) is 0.562. The van der Waals surface area contributed by atoms with E-state index in [1.807, 2.05) is 24.3 Å². The Morgan fingerprint density at radius 3 is 2.75 bits per heavy atom. The van der Waals surface area contributed by atoms with E-state index in [9.17, 15) is 13.2 Å². The molecule has 1 aliphatic rings. The third kappa shape index (κ3) is 4.14. The van der Waals surface area contributed by atoms with Crippen LogP contribution in [0, 0.1) is 0 Å². The van der Waals surface area contributed by atoms with Crippen molar-refractivity contribution in [2.24, 2.45) is 0 Å². The number of benzene rings is 2. The summed E-state index contributed by atoms with van der Waals surface area (Å²) in [5.41, 5.74) is 2.20. The molecule has 0 spiro atoms. The monoisotopic (exact) mass is 345 g/mol. The minimum atomic E-state index is -3.13. The van der Waals surface area contributed by atoms with Crippen LogP contribution in [0.15, 0.2) is 48.5 Å². The maximum Gasteiger partial charge on any atom is 0.251 e. The van der Waals surface area contributed by atoms with Crippen LogP contribution in [0.25, 0.3) is 0 Å². The first kappa shape index (κ1) is 16.5. The lowest BCUT2D eigenvalue weighted by atomic mass is 10.1. The number of amides is 1. The maximum absolute atomic E-state index is 12.3. The summed E-state index contributed by atoms with van der Waals surface area (Å²) >= 11 is 0. The molecule has 1 amide bonds. The van der Waals surface area contributed by atoms with Gasteiger partial charge in [0.1, 0.15) is 11.9 Å². The van der Waals surface area contributed by atoms with Crippen molar-refractivity contribution in [1.29, 1.82) is 0 Å². The number of sulfone groups is 1. The fourth-order valence-electron chi connectivity index (χ4n) is 2.78. The van der Waals surface area contributed by atoms with Gasteiger partial charge in [-0.05, 0) is 29.3 Å². The normalized spacial score (nSPS) is 16.3. The molecule has 24 heavy (non-hydrogen) atoms. The number of carbonyl (C=O) groups excluding carboxylic acids is 1. The number of nitrogens with one attached hydrogen (secondary N) is 1. The van der Waals surface area contributed by atoms with Crippen molar-refractivity contribution in [1.82, 2.24) is 5.32 Å². The lowest BCUT2D eigenvalue weighted by molar-refractivity contribution is 0.0933. The van der Waals surface area contributed by atoms with Crippen molar-refractivity contribution in [2.75, 3.05) is 12.8 Å². The number of hydrogen-bond donors (Lipinski definition) is 1. The van der Waals surface area contributed by atoms with E-state index < -0.39 is 9.84 Å². The number of para-hydroxylation sites is 1. The van der Waals surface area contributed by atoms with E-state index in [4.69, 9.17) is 4.74 Å². The molecule has 1 N–H and O–H groups in total. The van der Waals surface area contributed by atoms with Gasteiger partial charge in [0.05, 0.1) is 12.3 Å². The van der Waals surface area contributed by atoms with Crippen LogP contribution in [-0.4, -0.2) is 33.2 Å². The molecule has 0 saturated carbocycles. The van der Waals surface area contributed by atoms with Crippen LogP contribution in [0.1, 0.15) is 21.5 Å². The number of rotatable bonds is 5. The Labute approximate surface area is 141 Å². The van der Waals surface area contributed by atoms with Gasteiger partial charge < -0.3 is 10.1 Å². The van der Waals surface area contributed by atoms with Gasteiger partial charge in [-0.15, -0.1) is 0 Å². The fraction of sp³-hybridized carbons (Fsp3) is 0.278. The second kappa shape index (κ2) is 6.65. The van der Waals surface area contributed by atoms with E-state index in [1.54, 1.807) is 24.3 Å². The third-order valence-electron chi connectivity index (χ3n) is 3.82. The van der Waals surface area contributed by atoms with Crippen molar-refractivity contribution in [3.63, 3.8) is 0 Å². The van der Waals surface area contributed by atoms with Gasteiger partial charge >= 0.3 is 0 Å². The summed E-state index contributed by atoms with van der Waals surface area (Å²) < 4.78 is 28.5. The van der Waals surface area contributed by atoms with Gasteiger partial charge in [0, 0.05) is 18.2 Å². The maximum atomic E-state index is 12.3. The first-order valence-corrected chi connectivity index (χ1v) is 9.76. The predicted octanol–water partition coefficient (Wildman–Crippen LogP) is 1.96. The predicted molar refractivity (Wildman–Crippen MR) is 91.9 cm³/mol. The third-order valence-corrected chi connectivity index (χ3v) is 4.68. The molecule has 2 aromatic carbocycles. The van der Waals surface area contributed by atoms with Crippen molar-refractivity contribution >= 4 is 15.7 Å². The van der Waals surface area contributed by atoms with Crippen LogP contribution in [-0.2, 0) is 22.0 Å². The van der Waals surface area contributed by atoms with Crippen LogP contribution >= 0.6 is 0 Å². The second-order valence-electron chi connectivity index (χ2n) is 6.03. The highest BCUT2D eigenvalue weighted by atomic mass is 32.2.